The number of benzene rings is 3. The van der Waals surface area contributed by atoms with E-state index in [1.807, 2.05) is 62.4 Å². The van der Waals surface area contributed by atoms with Crippen LogP contribution in [0.4, 0.5) is 11.4 Å². The van der Waals surface area contributed by atoms with Crippen LogP contribution in [0.5, 0.6) is 11.5 Å². The molecule has 2 aliphatic rings. The first-order chi connectivity index (χ1) is 16.0. The summed E-state index contributed by atoms with van der Waals surface area (Å²) < 4.78 is 5.57. The average Bonchev–Trinajstić information content (AvgIpc) is 3.32. The Morgan fingerprint density at radius 1 is 0.939 bits per heavy atom. The molecule has 33 heavy (non-hydrogen) atoms. The number of phenols is 1. The molecule has 168 valence electrons. The molecular formula is C26H24N2O5. The Morgan fingerprint density at radius 2 is 1.70 bits per heavy atom. The number of para-hydroxylation sites is 1. The van der Waals surface area contributed by atoms with Gasteiger partial charge >= 0.3 is 0 Å². The number of carbonyl (C=O) groups is 2. The standard InChI is InChI=1S/C26H24N2O5/c1-3-32-21-15-17(12-13-20(21)29)23-22-24(33-28(23)18-9-5-4-6-10-18)26(31)27(25(22)30)19-11-7-8-16(2)14-19/h4-15,22-24,29H,3H2,1-2H3/t22-,23+,24+/m0/s1. The first-order valence-corrected chi connectivity index (χ1v) is 10.9. The summed E-state index contributed by atoms with van der Waals surface area (Å²) in [5.41, 5.74) is 2.92. The minimum atomic E-state index is -0.951. The SMILES string of the molecule is CCOc1cc([C@@H]2[C@@H]3C(=O)N(c4cccc(C)c4)C(=O)[C@@H]3ON2c2ccccc2)ccc1O. The van der Waals surface area contributed by atoms with Gasteiger partial charge in [0.05, 0.1) is 24.0 Å². The highest BCUT2D eigenvalue weighted by atomic mass is 16.7. The number of nitrogens with zero attached hydrogens (tertiary/aromatic N) is 2. The van der Waals surface area contributed by atoms with Crippen molar-refractivity contribution in [3.8, 4) is 11.5 Å². The molecule has 0 spiro atoms. The Hall–Kier alpha value is -3.84. The minimum Gasteiger partial charge on any atom is -0.504 e. The summed E-state index contributed by atoms with van der Waals surface area (Å²) in [6, 6.07) is 21.1. The van der Waals surface area contributed by atoms with Gasteiger partial charge in [-0.3, -0.25) is 14.4 Å². The van der Waals surface area contributed by atoms with E-state index in [0.717, 1.165) is 11.3 Å². The summed E-state index contributed by atoms with van der Waals surface area (Å²) in [5.74, 6) is -1.12. The van der Waals surface area contributed by atoms with Crippen LogP contribution in [-0.2, 0) is 14.4 Å². The molecule has 0 aromatic heterocycles. The van der Waals surface area contributed by atoms with E-state index in [1.165, 1.54) is 11.0 Å². The molecular weight excluding hydrogens is 420 g/mol. The second-order valence-corrected chi connectivity index (χ2v) is 8.17. The third-order valence-corrected chi connectivity index (χ3v) is 6.01. The van der Waals surface area contributed by atoms with Crippen LogP contribution in [0.15, 0.2) is 72.8 Å². The molecule has 0 bridgehead atoms. The number of amides is 2. The van der Waals surface area contributed by atoms with Crippen LogP contribution in [0.25, 0.3) is 0 Å². The molecule has 3 atom stereocenters. The Labute approximate surface area is 191 Å². The van der Waals surface area contributed by atoms with Gasteiger partial charge in [-0.25, -0.2) is 9.96 Å². The number of rotatable bonds is 5. The Morgan fingerprint density at radius 3 is 2.42 bits per heavy atom. The van der Waals surface area contributed by atoms with Crippen molar-refractivity contribution in [2.75, 3.05) is 16.6 Å². The van der Waals surface area contributed by atoms with Crippen molar-refractivity contribution < 1.29 is 24.3 Å². The number of aryl methyl sites for hydroxylation is 1. The zero-order valence-electron chi connectivity index (χ0n) is 18.3. The average molecular weight is 444 g/mol. The zero-order valence-corrected chi connectivity index (χ0v) is 18.3. The van der Waals surface area contributed by atoms with E-state index < -0.39 is 18.1 Å². The molecule has 0 aliphatic carbocycles. The predicted octanol–water partition coefficient (Wildman–Crippen LogP) is 4.15. The largest absolute Gasteiger partial charge is 0.504 e. The van der Waals surface area contributed by atoms with E-state index in [4.69, 9.17) is 9.57 Å². The van der Waals surface area contributed by atoms with Gasteiger partial charge in [-0.05, 0) is 61.4 Å². The van der Waals surface area contributed by atoms with Gasteiger partial charge in [0, 0.05) is 0 Å². The molecule has 2 saturated heterocycles. The van der Waals surface area contributed by atoms with Crippen molar-refractivity contribution >= 4 is 23.2 Å². The summed E-state index contributed by atoms with van der Waals surface area (Å²) in [6.07, 6.45) is -0.951. The van der Waals surface area contributed by atoms with Crippen molar-refractivity contribution in [2.24, 2.45) is 5.92 Å². The summed E-state index contributed by atoms with van der Waals surface area (Å²) in [5, 5.41) is 11.8. The lowest BCUT2D eigenvalue weighted by Gasteiger charge is -2.29. The topological polar surface area (TPSA) is 79.3 Å². The van der Waals surface area contributed by atoms with Crippen molar-refractivity contribution in [3.05, 3.63) is 83.9 Å². The Bertz CT molecular complexity index is 1210. The summed E-state index contributed by atoms with van der Waals surface area (Å²) in [6.45, 7) is 4.12. The van der Waals surface area contributed by atoms with E-state index >= 15 is 0 Å². The van der Waals surface area contributed by atoms with Gasteiger partial charge in [-0.2, -0.15) is 0 Å². The number of imide groups is 1. The number of fused-ring (bicyclic) bond motifs is 1. The zero-order chi connectivity index (χ0) is 23.1. The van der Waals surface area contributed by atoms with Gasteiger partial charge in [-0.1, -0.05) is 36.4 Å². The highest BCUT2D eigenvalue weighted by Gasteiger charge is 2.60. The molecule has 0 saturated carbocycles. The molecule has 7 nitrogen and oxygen atoms in total. The lowest BCUT2D eigenvalue weighted by Crippen LogP contribution is -2.37. The quantitative estimate of drug-likeness (QED) is 0.596. The highest BCUT2D eigenvalue weighted by Crippen LogP contribution is 2.48. The van der Waals surface area contributed by atoms with Gasteiger partial charge in [0.15, 0.2) is 17.6 Å². The molecule has 2 amide bonds. The van der Waals surface area contributed by atoms with E-state index in [2.05, 4.69) is 0 Å². The van der Waals surface area contributed by atoms with Crippen molar-refractivity contribution in [1.82, 2.24) is 0 Å². The molecule has 2 fully saturated rings. The van der Waals surface area contributed by atoms with Gasteiger partial charge in [0.25, 0.3) is 5.91 Å². The van der Waals surface area contributed by atoms with E-state index in [1.54, 1.807) is 23.3 Å². The monoisotopic (exact) mass is 444 g/mol. The van der Waals surface area contributed by atoms with E-state index in [9.17, 15) is 14.7 Å². The van der Waals surface area contributed by atoms with Crippen LogP contribution in [-0.4, -0.2) is 29.6 Å². The fourth-order valence-electron chi connectivity index (χ4n) is 4.56. The maximum Gasteiger partial charge on any atom is 0.266 e. The summed E-state index contributed by atoms with van der Waals surface area (Å²) in [4.78, 5) is 34.4. The predicted molar refractivity (Wildman–Crippen MR) is 123 cm³/mol. The molecule has 7 heteroatoms. The number of carbonyl (C=O) groups excluding carboxylic acids is 2. The summed E-state index contributed by atoms with van der Waals surface area (Å²) >= 11 is 0. The number of phenolic OH excluding ortho intramolecular Hbond substituents is 1. The second-order valence-electron chi connectivity index (χ2n) is 8.17. The number of hydrogen-bond acceptors (Lipinski definition) is 6. The second kappa shape index (κ2) is 8.26. The molecule has 2 heterocycles. The molecule has 2 aliphatic heterocycles. The van der Waals surface area contributed by atoms with Crippen LogP contribution >= 0.6 is 0 Å². The first-order valence-electron chi connectivity index (χ1n) is 10.9. The van der Waals surface area contributed by atoms with Crippen LogP contribution < -0.4 is 14.7 Å². The number of anilines is 2. The van der Waals surface area contributed by atoms with Crippen LogP contribution in [0.3, 0.4) is 0 Å². The Kier molecular flexibility index (Phi) is 5.26. The third kappa shape index (κ3) is 3.50. The number of aromatic hydroxyl groups is 1. The molecule has 0 radical (unpaired) electrons. The number of hydrogen-bond donors (Lipinski definition) is 1. The van der Waals surface area contributed by atoms with Crippen molar-refractivity contribution in [3.63, 3.8) is 0 Å². The lowest BCUT2D eigenvalue weighted by atomic mass is 9.90. The Balaban J connectivity index is 1.60. The van der Waals surface area contributed by atoms with Crippen LogP contribution in [0.2, 0.25) is 0 Å². The summed E-state index contributed by atoms with van der Waals surface area (Å²) in [7, 11) is 0. The normalized spacial score (nSPS) is 22.1. The number of hydroxylamine groups is 1. The smallest absolute Gasteiger partial charge is 0.266 e. The molecule has 1 N–H and O–H groups in total. The fourth-order valence-corrected chi connectivity index (χ4v) is 4.56. The van der Waals surface area contributed by atoms with Gasteiger partial charge in [0.1, 0.15) is 5.92 Å². The maximum absolute atomic E-state index is 13.7. The van der Waals surface area contributed by atoms with Gasteiger partial charge in [-0.15, -0.1) is 0 Å². The van der Waals surface area contributed by atoms with Crippen LogP contribution in [0, 0.1) is 12.8 Å². The fraction of sp³-hybridized carbons (Fsp3) is 0.231. The van der Waals surface area contributed by atoms with Crippen molar-refractivity contribution in [1.29, 1.82) is 0 Å². The van der Waals surface area contributed by atoms with Crippen LogP contribution in [0.1, 0.15) is 24.1 Å². The number of ether oxygens (including phenoxy) is 1. The lowest BCUT2D eigenvalue weighted by molar-refractivity contribution is -0.126. The minimum absolute atomic E-state index is 0.0116. The molecule has 0 unspecified atom stereocenters. The highest BCUT2D eigenvalue weighted by molar-refractivity contribution is 6.24. The van der Waals surface area contributed by atoms with Gasteiger partial charge in [0.2, 0.25) is 5.91 Å². The van der Waals surface area contributed by atoms with Gasteiger partial charge < -0.3 is 9.84 Å². The van der Waals surface area contributed by atoms with Crippen molar-refractivity contribution in [2.45, 2.75) is 26.0 Å². The maximum atomic E-state index is 13.7. The first kappa shape index (κ1) is 21.0. The molecule has 3 aromatic rings. The third-order valence-electron chi connectivity index (χ3n) is 6.01. The van der Waals surface area contributed by atoms with E-state index in [-0.39, 0.29) is 17.6 Å². The molecule has 5 rings (SSSR count). The van der Waals surface area contributed by atoms with E-state index in [0.29, 0.717) is 23.6 Å². The molecule has 3 aromatic carbocycles.